The van der Waals surface area contributed by atoms with Crippen LogP contribution in [0.2, 0.25) is 0 Å². The number of allylic oxidation sites excluding steroid dienone is 1. The minimum absolute atomic E-state index is 0.0742. The Morgan fingerprint density at radius 3 is 2.44 bits per heavy atom. The van der Waals surface area contributed by atoms with Crippen molar-refractivity contribution in [2.45, 2.75) is 87.8 Å². The number of ether oxygens (including phenoxy) is 3. The van der Waals surface area contributed by atoms with Gasteiger partial charge in [0.1, 0.15) is 17.7 Å². The summed E-state index contributed by atoms with van der Waals surface area (Å²) in [6.45, 7) is 8.69. The van der Waals surface area contributed by atoms with Crippen LogP contribution in [0.3, 0.4) is 0 Å². The fraction of sp³-hybridized carbons (Fsp3) is 0.512. The van der Waals surface area contributed by atoms with Crippen molar-refractivity contribution in [3.8, 4) is 0 Å². The summed E-state index contributed by atoms with van der Waals surface area (Å²) < 4.78 is 18.5. The molecule has 52 heavy (non-hydrogen) atoms. The molecule has 3 heterocycles. The third-order valence-corrected chi connectivity index (χ3v) is 10.5. The average molecular weight is 716 g/mol. The van der Waals surface area contributed by atoms with Crippen LogP contribution < -0.4 is 5.32 Å². The molecule has 0 radical (unpaired) electrons. The standard InChI is InChI=1S/C41H53N3O8/c1-4-6-21-33(46)42-31(28-50-3)36(30-19-13-10-14-20-30)51-40(49)34-32-22-23-41(52-32)35(34)38(47)44(25-15-7-8-16-26-45)37(41)39(48)43(24-5-2)27-29-17-11-9-12-18-29/h4-5,9-14,17-20,31-32,34-37,45H,1-2,6-8,15-16,21-28H2,3H3,(H,42,46)/t31-,32-,34+,35+,36-,37-,41+/m1/s1. The Morgan fingerprint density at radius 1 is 1.06 bits per heavy atom. The van der Waals surface area contributed by atoms with Gasteiger partial charge in [-0.25, -0.2) is 0 Å². The van der Waals surface area contributed by atoms with Gasteiger partial charge in [-0.05, 0) is 43.2 Å². The molecule has 3 saturated heterocycles. The quantitative estimate of drug-likeness (QED) is 0.110. The van der Waals surface area contributed by atoms with Crippen LogP contribution in [-0.4, -0.2) is 95.8 Å². The first-order valence-corrected chi connectivity index (χ1v) is 18.5. The zero-order valence-electron chi connectivity index (χ0n) is 30.2. The van der Waals surface area contributed by atoms with E-state index in [0.717, 1.165) is 18.4 Å². The lowest BCUT2D eigenvalue weighted by Crippen LogP contribution is -2.56. The average Bonchev–Trinajstić information content (AvgIpc) is 3.80. The van der Waals surface area contributed by atoms with Gasteiger partial charge in [0.15, 0.2) is 0 Å². The van der Waals surface area contributed by atoms with Crippen molar-refractivity contribution in [3.05, 3.63) is 97.1 Å². The van der Waals surface area contributed by atoms with Gasteiger partial charge in [-0.15, -0.1) is 13.2 Å². The molecule has 3 fully saturated rings. The highest BCUT2D eigenvalue weighted by atomic mass is 16.6. The number of fused-ring (bicyclic) bond motifs is 1. The highest BCUT2D eigenvalue weighted by Gasteiger charge is 2.75. The van der Waals surface area contributed by atoms with Crippen LogP contribution in [0.25, 0.3) is 0 Å². The summed E-state index contributed by atoms with van der Waals surface area (Å²) in [5.41, 5.74) is 0.410. The van der Waals surface area contributed by atoms with Gasteiger partial charge in [-0.3, -0.25) is 19.2 Å². The van der Waals surface area contributed by atoms with Gasteiger partial charge in [0, 0.05) is 39.8 Å². The second kappa shape index (κ2) is 18.4. The summed E-state index contributed by atoms with van der Waals surface area (Å²) in [5.74, 6) is -3.22. The van der Waals surface area contributed by atoms with Crippen LogP contribution in [-0.2, 0) is 39.9 Å². The molecule has 0 aromatic heterocycles. The predicted molar refractivity (Wildman–Crippen MR) is 195 cm³/mol. The van der Waals surface area contributed by atoms with Crippen LogP contribution in [0.1, 0.15) is 68.6 Å². The number of nitrogens with zero attached hydrogens (tertiary/aromatic N) is 2. The number of likely N-dealkylation sites (tertiary alicyclic amines) is 1. The minimum Gasteiger partial charge on any atom is -0.455 e. The van der Waals surface area contributed by atoms with Crippen LogP contribution in [0, 0.1) is 11.8 Å². The topological polar surface area (TPSA) is 135 Å². The van der Waals surface area contributed by atoms with Crippen LogP contribution in [0.5, 0.6) is 0 Å². The summed E-state index contributed by atoms with van der Waals surface area (Å²) in [7, 11) is 1.51. The zero-order chi connectivity index (χ0) is 37.1. The van der Waals surface area contributed by atoms with Crippen molar-refractivity contribution in [2.24, 2.45) is 11.8 Å². The molecule has 11 heteroatoms. The molecule has 0 unspecified atom stereocenters. The number of aliphatic hydroxyl groups is 1. The Balaban J connectivity index is 1.46. The molecule has 7 atom stereocenters. The van der Waals surface area contributed by atoms with E-state index in [4.69, 9.17) is 14.2 Å². The Kier molecular flexibility index (Phi) is 13.8. The second-order valence-electron chi connectivity index (χ2n) is 13.9. The van der Waals surface area contributed by atoms with Crippen molar-refractivity contribution in [1.82, 2.24) is 15.1 Å². The number of unbranched alkanes of at least 4 members (excludes halogenated alkanes) is 3. The van der Waals surface area contributed by atoms with Crippen LogP contribution >= 0.6 is 0 Å². The molecule has 2 aromatic carbocycles. The maximum Gasteiger partial charge on any atom is 0.313 e. The summed E-state index contributed by atoms with van der Waals surface area (Å²) in [6.07, 6.45) is 6.34. The molecule has 3 aliphatic rings. The molecule has 2 aromatic rings. The first-order chi connectivity index (χ1) is 25.3. The molecule has 5 rings (SSSR count). The van der Waals surface area contributed by atoms with Crippen molar-refractivity contribution < 1.29 is 38.5 Å². The van der Waals surface area contributed by atoms with Gasteiger partial charge < -0.3 is 34.4 Å². The number of carbonyl (C=O) groups is 4. The molecule has 1 spiro atoms. The molecule has 280 valence electrons. The summed E-state index contributed by atoms with van der Waals surface area (Å²) in [5, 5.41) is 12.3. The number of rotatable bonds is 21. The van der Waals surface area contributed by atoms with E-state index in [2.05, 4.69) is 18.5 Å². The van der Waals surface area contributed by atoms with Gasteiger partial charge in [0.05, 0.1) is 30.6 Å². The van der Waals surface area contributed by atoms with E-state index >= 15 is 0 Å². The van der Waals surface area contributed by atoms with E-state index < -0.39 is 47.7 Å². The van der Waals surface area contributed by atoms with E-state index in [9.17, 15) is 24.3 Å². The number of hydrogen-bond donors (Lipinski definition) is 2. The fourth-order valence-corrected chi connectivity index (χ4v) is 8.18. The second-order valence-corrected chi connectivity index (χ2v) is 13.9. The number of hydrogen-bond acceptors (Lipinski definition) is 8. The van der Waals surface area contributed by atoms with Crippen molar-refractivity contribution in [3.63, 3.8) is 0 Å². The lowest BCUT2D eigenvalue weighted by Gasteiger charge is -2.37. The summed E-state index contributed by atoms with van der Waals surface area (Å²) >= 11 is 0. The largest absolute Gasteiger partial charge is 0.455 e. The number of amides is 3. The Hall–Kier alpha value is -4.32. The smallest absolute Gasteiger partial charge is 0.313 e. The number of aliphatic hydroxyl groups excluding tert-OH is 1. The van der Waals surface area contributed by atoms with Gasteiger partial charge in [-0.1, -0.05) is 85.7 Å². The fourth-order valence-electron chi connectivity index (χ4n) is 8.18. The van der Waals surface area contributed by atoms with E-state index in [1.165, 1.54) is 7.11 Å². The lowest BCUT2D eigenvalue weighted by atomic mass is 9.70. The highest BCUT2D eigenvalue weighted by molar-refractivity contribution is 5.98. The highest BCUT2D eigenvalue weighted by Crippen LogP contribution is 2.59. The molecule has 2 bridgehead atoms. The van der Waals surface area contributed by atoms with Gasteiger partial charge >= 0.3 is 5.97 Å². The van der Waals surface area contributed by atoms with Gasteiger partial charge in [0.25, 0.3) is 0 Å². The normalized spacial score (nSPS) is 24.2. The van der Waals surface area contributed by atoms with E-state index in [1.54, 1.807) is 22.0 Å². The Morgan fingerprint density at radius 2 is 1.77 bits per heavy atom. The maximum atomic E-state index is 14.7. The minimum atomic E-state index is -1.20. The molecule has 0 saturated carbocycles. The molecule has 3 amide bonds. The molecular weight excluding hydrogens is 662 g/mol. The first-order valence-electron chi connectivity index (χ1n) is 18.5. The number of carbonyl (C=O) groups excluding carboxylic acids is 4. The Labute approximate surface area is 307 Å². The van der Waals surface area contributed by atoms with Crippen LogP contribution in [0.15, 0.2) is 86.0 Å². The summed E-state index contributed by atoms with van der Waals surface area (Å²) in [4.78, 5) is 60.1. The number of esters is 1. The summed E-state index contributed by atoms with van der Waals surface area (Å²) in [6, 6.07) is 17.2. The molecule has 3 aliphatic heterocycles. The molecule has 2 N–H and O–H groups in total. The van der Waals surface area contributed by atoms with E-state index in [0.29, 0.717) is 50.8 Å². The van der Waals surface area contributed by atoms with E-state index in [-0.39, 0.29) is 43.9 Å². The molecule has 0 aliphatic carbocycles. The number of nitrogens with one attached hydrogen (secondary N) is 1. The maximum absolute atomic E-state index is 14.7. The molecule has 11 nitrogen and oxygen atoms in total. The number of benzene rings is 2. The molecular formula is C41H53N3O8. The Bertz CT molecular complexity index is 1540. The third-order valence-electron chi connectivity index (χ3n) is 10.5. The monoisotopic (exact) mass is 715 g/mol. The third kappa shape index (κ3) is 8.48. The van der Waals surface area contributed by atoms with Crippen LogP contribution in [0.4, 0.5) is 0 Å². The number of methoxy groups -OCH3 is 1. The van der Waals surface area contributed by atoms with E-state index in [1.807, 2.05) is 60.7 Å². The predicted octanol–water partition coefficient (Wildman–Crippen LogP) is 4.51. The zero-order valence-corrected chi connectivity index (χ0v) is 30.2. The van der Waals surface area contributed by atoms with Crippen molar-refractivity contribution >= 4 is 23.7 Å². The van der Waals surface area contributed by atoms with Crippen molar-refractivity contribution in [2.75, 3.05) is 33.4 Å². The van der Waals surface area contributed by atoms with Gasteiger partial charge in [0.2, 0.25) is 17.7 Å². The van der Waals surface area contributed by atoms with Crippen molar-refractivity contribution in [1.29, 1.82) is 0 Å². The SMILES string of the molecule is C=CCCC(=O)N[C@H](COC)[C@H](OC(=O)[C@@H]1[C@H]2C(=O)N(CCCCCCO)[C@H](C(=O)N(CC=C)Cc3ccccc3)[C@]23CC[C@H]1O3)c1ccccc1. The first kappa shape index (κ1) is 38.9. The lowest BCUT2D eigenvalue weighted by molar-refractivity contribution is -0.163. The van der Waals surface area contributed by atoms with Gasteiger partial charge in [-0.2, -0.15) is 0 Å².